The molecule has 6 nitrogen and oxygen atoms in total. The quantitative estimate of drug-likeness (QED) is 0.0320. The highest BCUT2D eigenvalue weighted by molar-refractivity contribution is 5.76. The summed E-state index contributed by atoms with van der Waals surface area (Å²) in [4.78, 5) is 24.7. The summed E-state index contributed by atoms with van der Waals surface area (Å²) in [6.45, 7) is 5.01. The normalized spacial score (nSPS) is 12.5. The number of unbranched alkanes of at least 4 members (excludes halogenated alkanes) is 62. The average Bonchev–Trinajstić information content (AvgIpc) is 3.51. The smallest absolute Gasteiger partial charge is 0.305 e. The minimum absolute atomic E-state index is 0.0233. The van der Waals surface area contributed by atoms with Crippen molar-refractivity contribution in [2.24, 2.45) is 0 Å². The topological polar surface area (TPSA) is 95.9 Å². The molecule has 1 amide bonds. The molecule has 0 radical (unpaired) electrons. The van der Waals surface area contributed by atoms with Crippen molar-refractivity contribution in [2.75, 3.05) is 13.2 Å². The van der Waals surface area contributed by atoms with E-state index in [1.807, 2.05) is 0 Å². The van der Waals surface area contributed by atoms with Crippen LogP contribution in [0, 0.1) is 0 Å². The van der Waals surface area contributed by atoms with E-state index in [2.05, 4.69) is 31.3 Å². The largest absolute Gasteiger partial charge is 0.466 e. The van der Waals surface area contributed by atoms with Crippen LogP contribution >= 0.6 is 0 Å². The number of nitrogens with one attached hydrogen (secondary N) is 1. The molecule has 3 N–H and O–H groups in total. The number of carbonyl (C=O) groups excluding carboxylic acids is 2. The average molecular weight is 1200 g/mol. The number of aliphatic hydroxyl groups is 2. The van der Waals surface area contributed by atoms with Gasteiger partial charge in [0.25, 0.3) is 0 Å². The summed E-state index contributed by atoms with van der Waals surface area (Å²) in [7, 11) is 0. The molecule has 0 aromatic carbocycles. The molecule has 0 aliphatic rings. The molecule has 85 heavy (non-hydrogen) atoms. The minimum atomic E-state index is -0.663. The van der Waals surface area contributed by atoms with E-state index in [0.29, 0.717) is 25.9 Å². The van der Waals surface area contributed by atoms with Crippen LogP contribution in [-0.4, -0.2) is 47.4 Å². The van der Waals surface area contributed by atoms with Crippen molar-refractivity contribution in [1.29, 1.82) is 0 Å². The molecule has 0 rings (SSSR count). The fraction of sp³-hybridized carbons (Fsp3) is 0.949. The van der Waals surface area contributed by atoms with Crippen LogP contribution in [0.2, 0.25) is 0 Å². The Hall–Kier alpha value is -1.40. The Bertz CT molecular complexity index is 1290. The Kier molecular flexibility index (Phi) is 73.8. The highest BCUT2D eigenvalue weighted by Gasteiger charge is 2.20. The molecule has 2 atom stereocenters. The lowest BCUT2D eigenvalue weighted by Crippen LogP contribution is -2.45. The highest BCUT2D eigenvalue weighted by Crippen LogP contribution is 2.20. The highest BCUT2D eigenvalue weighted by atomic mass is 16.5. The first-order valence-corrected chi connectivity index (χ1v) is 39.4. The Morgan fingerprint density at radius 2 is 0.553 bits per heavy atom. The monoisotopic (exact) mass is 1200 g/mol. The van der Waals surface area contributed by atoms with Gasteiger partial charge in [-0.2, -0.15) is 0 Å². The third kappa shape index (κ3) is 71.6. The predicted octanol–water partition coefficient (Wildman–Crippen LogP) is 25.9. The molecule has 0 aromatic rings. The van der Waals surface area contributed by atoms with Crippen molar-refractivity contribution in [1.82, 2.24) is 5.32 Å². The van der Waals surface area contributed by atoms with E-state index in [1.54, 1.807) is 0 Å². The third-order valence-corrected chi connectivity index (χ3v) is 18.8. The standard InChI is InChI=1S/C79H155NO5/c1-3-5-7-9-11-13-15-17-19-21-35-39-43-47-51-55-59-63-67-71-77(82)76(75-81)80-78(83)72-68-64-60-56-52-48-44-40-37-33-31-29-27-25-23-24-26-28-30-32-34-38-42-46-50-54-58-62-66-70-74-85-79(84)73-69-65-61-57-53-49-45-41-36-22-20-18-16-14-12-10-8-6-4-2/h24,26,76-77,81-82H,3-23,25,27-75H2,1-2H3,(H,80,83)/b26-24-. The van der Waals surface area contributed by atoms with Gasteiger partial charge < -0.3 is 20.3 Å². The fourth-order valence-corrected chi connectivity index (χ4v) is 12.8. The zero-order valence-corrected chi connectivity index (χ0v) is 58.1. The van der Waals surface area contributed by atoms with Crippen LogP contribution in [-0.2, 0) is 14.3 Å². The molecule has 0 saturated carbocycles. The second kappa shape index (κ2) is 75.1. The number of ether oxygens (including phenoxy) is 1. The molecule has 0 aliphatic carbocycles. The molecule has 0 bridgehead atoms. The zero-order valence-electron chi connectivity index (χ0n) is 58.1. The summed E-state index contributed by atoms with van der Waals surface area (Å²) in [6, 6.07) is -0.540. The second-order valence-corrected chi connectivity index (χ2v) is 27.4. The van der Waals surface area contributed by atoms with Crippen molar-refractivity contribution in [3.05, 3.63) is 12.2 Å². The van der Waals surface area contributed by atoms with Crippen molar-refractivity contribution in [3.8, 4) is 0 Å². The first-order chi connectivity index (χ1) is 42.0. The molecule has 6 heteroatoms. The number of carbonyl (C=O) groups is 2. The molecule has 0 saturated heterocycles. The summed E-state index contributed by atoms with van der Waals surface area (Å²) < 4.78 is 5.52. The molecule has 0 aliphatic heterocycles. The van der Waals surface area contributed by atoms with Gasteiger partial charge in [-0.05, 0) is 51.4 Å². The van der Waals surface area contributed by atoms with Gasteiger partial charge in [0, 0.05) is 12.8 Å². The lowest BCUT2D eigenvalue weighted by Gasteiger charge is -2.22. The predicted molar refractivity (Wildman–Crippen MR) is 375 cm³/mol. The zero-order chi connectivity index (χ0) is 61.3. The fourth-order valence-electron chi connectivity index (χ4n) is 12.8. The van der Waals surface area contributed by atoms with E-state index in [9.17, 15) is 19.8 Å². The Balaban J connectivity index is 3.34. The third-order valence-electron chi connectivity index (χ3n) is 18.8. The molecule has 0 aromatic heterocycles. The van der Waals surface area contributed by atoms with E-state index < -0.39 is 12.1 Å². The molecular weight excluding hydrogens is 1040 g/mol. The molecule has 0 heterocycles. The maximum absolute atomic E-state index is 12.6. The Labute approximate surface area is 533 Å². The number of hydrogen-bond acceptors (Lipinski definition) is 5. The van der Waals surface area contributed by atoms with E-state index in [0.717, 1.165) is 38.5 Å². The van der Waals surface area contributed by atoms with Gasteiger partial charge >= 0.3 is 5.97 Å². The maximum Gasteiger partial charge on any atom is 0.305 e. The van der Waals surface area contributed by atoms with Gasteiger partial charge in [-0.25, -0.2) is 0 Å². The first-order valence-electron chi connectivity index (χ1n) is 39.4. The number of hydrogen-bond donors (Lipinski definition) is 3. The number of esters is 1. The number of rotatable bonds is 75. The lowest BCUT2D eigenvalue weighted by molar-refractivity contribution is -0.143. The summed E-state index contributed by atoms with van der Waals surface area (Å²) in [6.07, 6.45) is 94.4. The van der Waals surface area contributed by atoms with Crippen molar-refractivity contribution < 1.29 is 24.5 Å². The Morgan fingerprint density at radius 1 is 0.318 bits per heavy atom. The first kappa shape index (κ1) is 83.6. The van der Waals surface area contributed by atoms with E-state index in [4.69, 9.17) is 4.74 Å². The van der Waals surface area contributed by atoms with Gasteiger partial charge in [0.2, 0.25) is 5.91 Å². The van der Waals surface area contributed by atoms with E-state index in [1.165, 1.54) is 385 Å². The maximum atomic E-state index is 12.6. The van der Waals surface area contributed by atoms with Gasteiger partial charge in [0.05, 0.1) is 25.4 Å². The van der Waals surface area contributed by atoms with Gasteiger partial charge in [-0.15, -0.1) is 0 Å². The lowest BCUT2D eigenvalue weighted by atomic mass is 10.0. The molecule has 0 spiro atoms. The van der Waals surface area contributed by atoms with Crippen LogP contribution in [0.5, 0.6) is 0 Å². The van der Waals surface area contributed by atoms with Gasteiger partial charge in [0.15, 0.2) is 0 Å². The van der Waals surface area contributed by atoms with Gasteiger partial charge in [-0.1, -0.05) is 405 Å². The van der Waals surface area contributed by atoms with Crippen molar-refractivity contribution in [3.63, 3.8) is 0 Å². The summed E-state index contributed by atoms with van der Waals surface area (Å²) >= 11 is 0. The molecule has 506 valence electrons. The van der Waals surface area contributed by atoms with Gasteiger partial charge in [-0.3, -0.25) is 9.59 Å². The molecule has 0 fully saturated rings. The molecule has 2 unspecified atom stereocenters. The van der Waals surface area contributed by atoms with E-state index >= 15 is 0 Å². The number of allylic oxidation sites excluding steroid dienone is 2. The van der Waals surface area contributed by atoms with Crippen LogP contribution in [0.3, 0.4) is 0 Å². The summed E-state index contributed by atoms with van der Waals surface area (Å²) in [5.41, 5.74) is 0. The van der Waals surface area contributed by atoms with Crippen LogP contribution in [0.1, 0.15) is 457 Å². The summed E-state index contributed by atoms with van der Waals surface area (Å²) in [5, 5.41) is 23.4. The van der Waals surface area contributed by atoms with Crippen LogP contribution < -0.4 is 5.32 Å². The number of aliphatic hydroxyl groups excluding tert-OH is 2. The van der Waals surface area contributed by atoms with Crippen molar-refractivity contribution >= 4 is 11.9 Å². The molecular formula is C79H155NO5. The van der Waals surface area contributed by atoms with E-state index in [-0.39, 0.29) is 18.5 Å². The van der Waals surface area contributed by atoms with Crippen LogP contribution in [0.25, 0.3) is 0 Å². The Morgan fingerprint density at radius 3 is 0.835 bits per heavy atom. The van der Waals surface area contributed by atoms with Gasteiger partial charge in [0.1, 0.15) is 0 Å². The van der Waals surface area contributed by atoms with Crippen LogP contribution in [0.4, 0.5) is 0 Å². The minimum Gasteiger partial charge on any atom is -0.466 e. The number of amides is 1. The SMILES string of the molecule is CCCCCCCCCCCCCCCCCCCCCC(=O)OCCCCCCCCCCCCCC/C=C\CCCCCCCCCCCCCCCCC(=O)NC(CO)C(O)CCCCCCCCCCCCCCCCCCCCC. The second-order valence-electron chi connectivity index (χ2n) is 27.4. The van der Waals surface area contributed by atoms with Crippen LogP contribution in [0.15, 0.2) is 12.2 Å². The summed E-state index contributed by atoms with van der Waals surface area (Å²) in [5.74, 6) is -0.00507. The van der Waals surface area contributed by atoms with Crippen molar-refractivity contribution in [2.45, 2.75) is 469 Å².